The van der Waals surface area contributed by atoms with Crippen LogP contribution in [0.1, 0.15) is 42.2 Å². The molecular weight excluding hydrogens is 276 g/mol. The lowest BCUT2D eigenvalue weighted by Gasteiger charge is -2.08. The predicted octanol–water partition coefficient (Wildman–Crippen LogP) is 3.01. The number of nitrogens with one attached hydrogen (secondary N) is 2. The maximum Gasteiger partial charge on any atom is 0.253 e. The van der Waals surface area contributed by atoms with Gasteiger partial charge in [-0.05, 0) is 24.6 Å². The van der Waals surface area contributed by atoms with Crippen molar-refractivity contribution in [1.29, 1.82) is 0 Å². The predicted molar refractivity (Wildman–Crippen MR) is 87.7 cm³/mol. The van der Waals surface area contributed by atoms with E-state index in [1.807, 2.05) is 24.3 Å². The normalized spacial score (nSPS) is 10.2. The fourth-order valence-electron chi connectivity index (χ4n) is 2.04. The van der Waals surface area contributed by atoms with Crippen molar-refractivity contribution in [2.24, 2.45) is 0 Å². The lowest BCUT2D eigenvalue weighted by molar-refractivity contribution is 0.0950. The molecule has 0 unspecified atom stereocenters. The van der Waals surface area contributed by atoms with Crippen LogP contribution in [0.2, 0.25) is 0 Å². The average molecular weight is 298 g/mol. The summed E-state index contributed by atoms with van der Waals surface area (Å²) in [6, 6.07) is 7.46. The lowest BCUT2D eigenvalue weighted by atomic mass is 10.2. The number of carbonyl (C=O) groups excluding carboxylic acids is 1. The van der Waals surface area contributed by atoms with Crippen LogP contribution in [-0.2, 0) is 6.54 Å². The minimum atomic E-state index is -0.143. The summed E-state index contributed by atoms with van der Waals surface area (Å²) >= 11 is 0. The van der Waals surface area contributed by atoms with Crippen LogP contribution < -0.4 is 10.6 Å². The van der Waals surface area contributed by atoms with Crippen LogP contribution in [0.3, 0.4) is 0 Å². The number of carbonyl (C=O) groups is 1. The number of hydrogen-bond donors (Lipinski definition) is 2. The van der Waals surface area contributed by atoms with E-state index in [9.17, 15) is 4.79 Å². The Hall–Kier alpha value is -2.43. The minimum Gasteiger partial charge on any atom is -0.384 e. The number of anilines is 1. The summed E-state index contributed by atoms with van der Waals surface area (Å²) in [4.78, 5) is 20.4. The maximum atomic E-state index is 12.1. The third kappa shape index (κ3) is 5.16. The van der Waals surface area contributed by atoms with Crippen molar-refractivity contribution in [3.05, 3.63) is 54.1 Å². The zero-order valence-corrected chi connectivity index (χ0v) is 12.9. The smallest absolute Gasteiger partial charge is 0.253 e. The molecule has 0 bridgehead atoms. The highest BCUT2D eigenvalue weighted by Gasteiger charge is 2.07. The fourth-order valence-corrected chi connectivity index (χ4v) is 2.04. The van der Waals surface area contributed by atoms with E-state index in [1.165, 1.54) is 12.8 Å². The van der Waals surface area contributed by atoms with E-state index in [1.54, 1.807) is 18.6 Å². The molecule has 2 rings (SSSR count). The number of nitrogens with zero attached hydrogens (tertiary/aromatic N) is 2. The molecule has 5 nitrogen and oxygen atoms in total. The molecule has 0 radical (unpaired) electrons. The van der Waals surface area contributed by atoms with Crippen molar-refractivity contribution in [2.75, 3.05) is 11.9 Å². The quantitative estimate of drug-likeness (QED) is 0.735. The van der Waals surface area contributed by atoms with Gasteiger partial charge in [0.25, 0.3) is 5.91 Å². The van der Waals surface area contributed by atoms with Crippen LogP contribution in [0, 0.1) is 0 Å². The molecule has 0 atom stereocenters. The molecular formula is C17H22N4O. The fraction of sp³-hybridized carbons (Fsp3) is 0.353. The van der Waals surface area contributed by atoms with Crippen molar-refractivity contribution in [1.82, 2.24) is 15.3 Å². The summed E-state index contributed by atoms with van der Waals surface area (Å²) in [5.74, 6) is -0.143. The third-order valence-corrected chi connectivity index (χ3v) is 3.27. The zero-order chi connectivity index (χ0) is 15.6. The van der Waals surface area contributed by atoms with Crippen molar-refractivity contribution < 1.29 is 4.79 Å². The van der Waals surface area contributed by atoms with E-state index in [0.717, 1.165) is 24.3 Å². The van der Waals surface area contributed by atoms with Crippen molar-refractivity contribution >= 4 is 11.6 Å². The molecule has 1 amide bonds. The second-order valence-corrected chi connectivity index (χ2v) is 5.10. The lowest BCUT2D eigenvalue weighted by Crippen LogP contribution is -2.23. The first-order valence-electron chi connectivity index (χ1n) is 7.66. The Kier molecular flexibility index (Phi) is 6.36. The van der Waals surface area contributed by atoms with Gasteiger partial charge in [0, 0.05) is 25.1 Å². The first kappa shape index (κ1) is 15.9. The van der Waals surface area contributed by atoms with E-state index < -0.39 is 0 Å². The van der Waals surface area contributed by atoms with Gasteiger partial charge in [0.1, 0.15) is 0 Å². The molecule has 0 aromatic carbocycles. The molecule has 2 aromatic heterocycles. The molecule has 0 aliphatic rings. The molecule has 5 heteroatoms. The summed E-state index contributed by atoms with van der Waals surface area (Å²) in [5, 5.41) is 6.14. The Morgan fingerprint density at radius 2 is 2.14 bits per heavy atom. The number of aromatic nitrogens is 2. The summed E-state index contributed by atoms with van der Waals surface area (Å²) < 4.78 is 0. The Morgan fingerprint density at radius 1 is 1.23 bits per heavy atom. The Balaban J connectivity index is 1.86. The van der Waals surface area contributed by atoms with Gasteiger partial charge < -0.3 is 10.6 Å². The summed E-state index contributed by atoms with van der Waals surface area (Å²) in [6.07, 6.45) is 8.53. The van der Waals surface area contributed by atoms with Crippen LogP contribution in [0.15, 0.2) is 42.9 Å². The number of amides is 1. The molecule has 0 spiro atoms. The molecule has 22 heavy (non-hydrogen) atoms. The summed E-state index contributed by atoms with van der Waals surface area (Å²) in [7, 11) is 0. The summed E-state index contributed by atoms with van der Waals surface area (Å²) in [5.41, 5.74) is 2.26. The van der Waals surface area contributed by atoms with Crippen molar-refractivity contribution in [3.63, 3.8) is 0 Å². The topological polar surface area (TPSA) is 66.9 Å². The van der Waals surface area contributed by atoms with Gasteiger partial charge >= 0.3 is 0 Å². The Bertz CT molecular complexity index is 586. The number of hydrogen-bond acceptors (Lipinski definition) is 4. The van der Waals surface area contributed by atoms with Gasteiger partial charge in [0.05, 0.1) is 23.5 Å². The van der Waals surface area contributed by atoms with E-state index in [-0.39, 0.29) is 5.91 Å². The van der Waals surface area contributed by atoms with E-state index in [2.05, 4.69) is 27.5 Å². The van der Waals surface area contributed by atoms with Crippen LogP contribution >= 0.6 is 0 Å². The monoisotopic (exact) mass is 298 g/mol. The van der Waals surface area contributed by atoms with Gasteiger partial charge in [-0.1, -0.05) is 25.8 Å². The van der Waals surface area contributed by atoms with E-state index >= 15 is 0 Å². The van der Waals surface area contributed by atoms with E-state index in [0.29, 0.717) is 12.1 Å². The van der Waals surface area contributed by atoms with Gasteiger partial charge in [-0.3, -0.25) is 14.8 Å². The molecule has 2 N–H and O–H groups in total. The maximum absolute atomic E-state index is 12.1. The number of pyridine rings is 2. The molecule has 0 fully saturated rings. The van der Waals surface area contributed by atoms with Crippen molar-refractivity contribution in [3.8, 4) is 0 Å². The molecule has 2 heterocycles. The molecule has 2 aromatic rings. The first-order chi connectivity index (χ1) is 10.8. The van der Waals surface area contributed by atoms with Gasteiger partial charge in [0.2, 0.25) is 0 Å². The first-order valence-corrected chi connectivity index (χ1v) is 7.66. The third-order valence-electron chi connectivity index (χ3n) is 3.27. The van der Waals surface area contributed by atoms with Gasteiger partial charge in [-0.15, -0.1) is 0 Å². The minimum absolute atomic E-state index is 0.143. The largest absolute Gasteiger partial charge is 0.384 e. The van der Waals surface area contributed by atoms with Crippen LogP contribution in [0.5, 0.6) is 0 Å². The highest BCUT2D eigenvalue weighted by atomic mass is 16.1. The highest BCUT2D eigenvalue weighted by Crippen LogP contribution is 2.09. The Labute approximate surface area is 131 Å². The SMILES string of the molecule is CCCCCNc1cncc(C(=O)NCc2ccccn2)c1. The van der Waals surface area contributed by atoms with Crippen LogP contribution in [0.4, 0.5) is 5.69 Å². The van der Waals surface area contributed by atoms with Crippen LogP contribution in [0.25, 0.3) is 0 Å². The molecule has 116 valence electrons. The standard InChI is InChI=1S/C17H22N4O/c1-2-3-5-8-20-16-10-14(11-18-12-16)17(22)21-13-15-7-4-6-9-19-15/h4,6-7,9-12,20H,2-3,5,8,13H2,1H3,(H,21,22). The van der Waals surface area contributed by atoms with Crippen LogP contribution in [-0.4, -0.2) is 22.4 Å². The van der Waals surface area contributed by atoms with Gasteiger partial charge in [-0.25, -0.2) is 0 Å². The zero-order valence-electron chi connectivity index (χ0n) is 12.9. The second-order valence-electron chi connectivity index (χ2n) is 5.10. The van der Waals surface area contributed by atoms with Crippen molar-refractivity contribution in [2.45, 2.75) is 32.7 Å². The van der Waals surface area contributed by atoms with Gasteiger partial charge in [-0.2, -0.15) is 0 Å². The highest BCUT2D eigenvalue weighted by molar-refractivity contribution is 5.94. The molecule has 0 saturated heterocycles. The number of rotatable bonds is 8. The van der Waals surface area contributed by atoms with E-state index in [4.69, 9.17) is 0 Å². The Morgan fingerprint density at radius 3 is 2.91 bits per heavy atom. The average Bonchev–Trinajstić information content (AvgIpc) is 2.58. The summed E-state index contributed by atoms with van der Waals surface area (Å²) in [6.45, 7) is 3.48. The molecule has 0 aliphatic carbocycles. The molecule has 0 saturated carbocycles. The number of unbranched alkanes of at least 4 members (excludes halogenated alkanes) is 2. The second kappa shape index (κ2) is 8.77. The van der Waals surface area contributed by atoms with Gasteiger partial charge in [0.15, 0.2) is 0 Å². The molecule has 0 aliphatic heterocycles.